The first-order chi connectivity index (χ1) is 17.4. The zero-order valence-corrected chi connectivity index (χ0v) is 22.0. The van der Waals surface area contributed by atoms with E-state index in [4.69, 9.17) is 0 Å². The van der Waals surface area contributed by atoms with E-state index in [-0.39, 0.29) is 23.7 Å². The van der Waals surface area contributed by atoms with Crippen LogP contribution in [0.1, 0.15) is 116 Å². The standard InChI is InChI=1S/C28H48N2O6/c31-25(21-15-9-11-17-23(21)27(33)34)29-19-13-7-5-3-1-2-4-6-8-14-20-30-26(32)22-16-10-12-18-24(22)28(35)36/h21-24H,1-20H2,(H,29,31)(H,30,32)(H,33,34)(H,35,36)/t21-,22-,23+,24+/m0/s1. The topological polar surface area (TPSA) is 133 Å². The molecule has 2 rings (SSSR count). The molecule has 8 heteroatoms. The van der Waals surface area contributed by atoms with E-state index in [1.54, 1.807) is 0 Å². The molecule has 0 heterocycles. The third-order valence-corrected chi connectivity index (χ3v) is 8.04. The molecule has 0 aromatic rings. The lowest BCUT2D eigenvalue weighted by molar-refractivity contribution is -0.149. The minimum Gasteiger partial charge on any atom is -0.481 e. The summed E-state index contributed by atoms with van der Waals surface area (Å²) in [5.74, 6) is -3.63. The molecule has 0 spiro atoms. The highest BCUT2D eigenvalue weighted by molar-refractivity contribution is 5.85. The van der Waals surface area contributed by atoms with Crippen molar-refractivity contribution in [3.05, 3.63) is 0 Å². The van der Waals surface area contributed by atoms with Crippen LogP contribution in [0.2, 0.25) is 0 Å². The Hall–Kier alpha value is -2.12. The number of carboxylic acids is 2. The Labute approximate surface area is 216 Å². The highest BCUT2D eigenvalue weighted by atomic mass is 16.4. The minimum atomic E-state index is -0.841. The van der Waals surface area contributed by atoms with Crippen molar-refractivity contribution in [2.75, 3.05) is 13.1 Å². The number of amides is 2. The molecule has 0 saturated heterocycles. The van der Waals surface area contributed by atoms with Crippen molar-refractivity contribution in [1.82, 2.24) is 10.6 Å². The molecule has 4 atom stereocenters. The lowest BCUT2D eigenvalue weighted by Gasteiger charge is -2.27. The van der Waals surface area contributed by atoms with Crippen LogP contribution in [0.15, 0.2) is 0 Å². The van der Waals surface area contributed by atoms with Crippen molar-refractivity contribution in [2.24, 2.45) is 23.7 Å². The van der Waals surface area contributed by atoms with E-state index < -0.39 is 23.8 Å². The van der Waals surface area contributed by atoms with Crippen molar-refractivity contribution in [3.8, 4) is 0 Å². The van der Waals surface area contributed by atoms with Gasteiger partial charge in [0.15, 0.2) is 0 Å². The molecule has 36 heavy (non-hydrogen) atoms. The van der Waals surface area contributed by atoms with Gasteiger partial charge in [0.05, 0.1) is 23.7 Å². The number of carbonyl (C=O) groups is 4. The minimum absolute atomic E-state index is 0.0832. The van der Waals surface area contributed by atoms with Crippen LogP contribution in [0, 0.1) is 23.7 Å². The molecule has 4 N–H and O–H groups in total. The second-order valence-electron chi connectivity index (χ2n) is 10.8. The predicted octanol–water partition coefficient (Wildman–Crippen LogP) is 4.90. The Bertz CT molecular complexity index is 640. The summed E-state index contributed by atoms with van der Waals surface area (Å²) in [6.45, 7) is 1.27. The van der Waals surface area contributed by atoms with Crippen molar-refractivity contribution in [3.63, 3.8) is 0 Å². The van der Waals surface area contributed by atoms with E-state index >= 15 is 0 Å². The Morgan fingerprint density at radius 2 is 0.750 bits per heavy atom. The number of hydrogen-bond donors (Lipinski definition) is 4. The van der Waals surface area contributed by atoms with Crippen molar-refractivity contribution < 1.29 is 29.4 Å². The number of rotatable bonds is 17. The zero-order chi connectivity index (χ0) is 26.2. The Morgan fingerprint density at radius 3 is 1.06 bits per heavy atom. The second-order valence-corrected chi connectivity index (χ2v) is 10.8. The normalized spacial score (nSPS) is 24.1. The fraction of sp³-hybridized carbons (Fsp3) is 0.857. The summed E-state index contributed by atoms with van der Waals surface area (Å²) in [4.78, 5) is 47.4. The SMILES string of the molecule is O=C(NCCCCCCCCCCCCNC(=O)[C@H]1CCCC[C@H]1C(=O)O)[C@H]1CCCC[C@H]1C(=O)O. The first kappa shape index (κ1) is 30.1. The van der Waals surface area contributed by atoms with Crippen molar-refractivity contribution in [2.45, 2.75) is 116 Å². The van der Waals surface area contributed by atoms with E-state index in [1.807, 2.05) is 0 Å². The largest absolute Gasteiger partial charge is 0.481 e. The van der Waals surface area contributed by atoms with Gasteiger partial charge in [-0.2, -0.15) is 0 Å². The zero-order valence-electron chi connectivity index (χ0n) is 22.0. The summed E-state index contributed by atoms with van der Waals surface area (Å²) in [5.41, 5.74) is 0. The number of hydrogen-bond acceptors (Lipinski definition) is 4. The quantitative estimate of drug-likeness (QED) is 0.207. The van der Waals surface area contributed by atoms with Crippen LogP contribution in [0.3, 0.4) is 0 Å². The van der Waals surface area contributed by atoms with Gasteiger partial charge in [-0.3, -0.25) is 19.2 Å². The van der Waals surface area contributed by atoms with Crippen LogP contribution in [-0.2, 0) is 19.2 Å². The van der Waals surface area contributed by atoms with Crippen LogP contribution in [0.25, 0.3) is 0 Å². The summed E-state index contributed by atoms with van der Waals surface area (Å²) in [5, 5.41) is 24.5. The third kappa shape index (κ3) is 10.9. The molecule has 2 amide bonds. The highest BCUT2D eigenvalue weighted by Gasteiger charge is 2.36. The van der Waals surface area contributed by atoms with Crippen molar-refractivity contribution >= 4 is 23.8 Å². The maximum Gasteiger partial charge on any atom is 0.307 e. The summed E-state index contributed by atoms with van der Waals surface area (Å²) < 4.78 is 0. The molecule has 206 valence electrons. The van der Waals surface area contributed by atoms with Crippen LogP contribution >= 0.6 is 0 Å². The fourth-order valence-corrected chi connectivity index (χ4v) is 5.83. The van der Waals surface area contributed by atoms with E-state index in [0.717, 1.165) is 64.2 Å². The number of carbonyl (C=O) groups excluding carboxylic acids is 2. The van der Waals surface area contributed by atoms with Crippen LogP contribution in [-0.4, -0.2) is 47.1 Å². The summed E-state index contributed by atoms with van der Waals surface area (Å²) >= 11 is 0. The average molecular weight is 509 g/mol. The van der Waals surface area contributed by atoms with Crippen LogP contribution < -0.4 is 10.6 Å². The monoisotopic (exact) mass is 508 g/mol. The molecule has 2 saturated carbocycles. The van der Waals surface area contributed by atoms with Gasteiger partial charge in [-0.1, -0.05) is 77.0 Å². The Morgan fingerprint density at radius 1 is 0.472 bits per heavy atom. The highest BCUT2D eigenvalue weighted by Crippen LogP contribution is 2.31. The average Bonchev–Trinajstić information content (AvgIpc) is 2.88. The van der Waals surface area contributed by atoms with Gasteiger partial charge >= 0.3 is 11.9 Å². The summed E-state index contributed by atoms with van der Waals surface area (Å²) in [6.07, 6.45) is 17.4. The molecule has 0 aromatic heterocycles. The molecule has 2 aliphatic rings. The fourth-order valence-electron chi connectivity index (χ4n) is 5.83. The third-order valence-electron chi connectivity index (χ3n) is 8.04. The molecular weight excluding hydrogens is 460 g/mol. The second kappa shape index (κ2) is 17.4. The molecule has 0 aromatic carbocycles. The number of nitrogens with one attached hydrogen (secondary N) is 2. The molecule has 0 unspecified atom stereocenters. The number of unbranched alkanes of at least 4 members (excludes halogenated alkanes) is 9. The molecular formula is C28H48N2O6. The van der Waals surface area contributed by atoms with Gasteiger partial charge in [-0.05, 0) is 38.5 Å². The van der Waals surface area contributed by atoms with Gasteiger partial charge < -0.3 is 20.8 Å². The maximum absolute atomic E-state index is 12.3. The molecule has 2 aliphatic carbocycles. The lowest BCUT2D eigenvalue weighted by Crippen LogP contribution is -2.40. The van der Waals surface area contributed by atoms with Gasteiger partial charge in [0.2, 0.25) is 11.8 Å². The van der Waals surface area contributed by atoms with E-state index in [9.17, 15) is 29.4 Å². The van der Waals surface area contributed by atoms with E-state index in [1.165, 1.54) is 25.7 Å². The molecule has 0 bridgehead atoms. The Kier molecular flexibility index (Phi) is 14.5. The van der Waals surface area contributed by atoms with E-state index in [2.05, 4.69) is 10.6 Å². The lowest BCUT2D eigenvalue weighted by atomic mass is 9.78. The molecule has 0 aliphatic heterocycles. The van der Waals surface area contributed by atoms with Gasteiger partial charge in [0, 0.05) is 13.1 Å². The summed E-state index contributed by atoms with van der Waals surface area (Å²) in [6, 6.07) is 0. The van der Waals surface area contributed by atoms with Gasteiger partial charge in [0.25, 0.3) is 0 Å². The van der Waals surface area contributed by atoms with Gasteiger partial charge in [-0.25, -0.2) is 0 Å². The van der Waals surface area contributed by atoms with E-state index in [0.29, 0.717) is 38.8 Å². The van der Waals surface area contributed by atoms with Gasteiger partial charge in [-0.15, -0.1) is 0 Å². The smallest absolute Gasteiger partial charge is 0.307 e. The first-order valence-corrected chi connectivity index (χ1v) is 14.4. The molecule has 2 fully saturated rings. The maximum atomic E-state index is 12.3. The molecule has 0 radical (unpaired) electrons. The molecule has 8 nitrogen and oxygen atoms in total. The first-order valence-electron chi connectivity index (χ1n) is 14.4. The predicted molar refractivity (Wildman–Crippen MR) is 138 cm³/mol. The van der Waals surface area contributed by atoms with Crippen LogP contribution in [0.4, 0.5) is 0 Å². The van der Waals surface area contributed by atoms with Crippen molar-refractivity contribution in [1.29, 1.82) is 0 Å². The number of aliphatic carboxylic acids is 2. The number of carboxylic acid groups (broad SMARTS) is 2. The summed E-state index contributed by atoms with van der Waals surface area (Å²) in [7, 11) is 0. The Balaban J connectivity index is 1.38. The van der Waals surface area contributed by atoms with Gasteiger partial charge in [0.1, 0.15) is 0 Å². The van der Waals surface area contributed by atoms with Crippen LogP contribution in [0.5, 0.6) is 0 Å².